The number of para-hydroxylation sites is 1. The summed E-state index contributed by atoms with van der Waals surface area (Å²) in [6, 6.07) is 14.9. The molecule has 0 fully saturated rings. The fourth-order valence-electron chi connectivity index (χ4n) is 2.59. The van der Waals surface area contributed by atoms with E-state index < -0.39 is 0 Å². The Balaban J connectivity index is 1.47. The van der Waals surface area contributed by atoms with Crippen molar-refractivity contribution in [1.82, 2.24) is 5.32 Å². The zero-order valence-corrected chi connectivity index (χ0v) is 14.3. The minimum Gasteiger partial charge on any atom is -0.493 e. The van der Waals surface area contributed by atoms with Crippen molar-refractivity contribution in [3.63, 3.8) is 0 Å². The summed E-state index contributed by atoms with van der Waals surface area (Å²) in [4.78, 5) is 13.4. The molecule has 0 aliphatic rings. The van der Waals surface area contributed by atoms with Gasteiger partial charge in [0.05, 0.1) is 18.5 Å². The van der Waals surface area contributed by atoms with Gasteiger partial charge in [-0.3, -0.25) is 4.79 Å². The molecule has 1 amide bonds. The van der Waals surface area contributed by atoms with E-state index in [2.05, 4.69) is 5.32 Å². The lowest BCUT2D eigenvalue weighted by Crippen LogP contribution is -2.21. The second kappa shape index (κ2) is 6.49. The van der Waals surface area contributed by atoms with Crippen LogP contribution in [0.4, 0.5) is 0 Å². The van der Waals surface area contributed by atoms with Gasteiger partial charge in [-0.15, -0.1) is 11.3 Å². The Bertz CT molecular complexity index is 1010. The molecule has 0 atom stereocenters. The summed E-state index contributed by atoms with van der Waals surface area (Å²) >= 11 is 1.61. The van der Waals surface area contributed by atoms with E-state index in [1.165, 1.54) is 0 Å². The molecule has 1 N–H and O–H groups in total. The molecule has 0 spiro atoms. The number of amides is 1. The summed E-state index contributed by atoms with van der Waals surface area (Å²) in [6.07, 6.45) is 0. The molecular formula is C19H15NO4S. The number of rotatable bonds is 5. The molecule has 0 saturated heterocycles. The van der Waals surface area contributed by atoms with Gasteiger partial charge in [-0.2, -0.15) is 0 Å². The molecule has 0 bridgehead atoms. The number of hydrogen-bond donors (Lipinski definition) is 1. The second-order valence-corrected chi connectivity index (χ2v) is 6.36. The molecule has 3 heterocycles. The van der Waals surface area contributed by atoms with E-state index in [0.29, 0.717) is 23.6 Å². The Hall–Kier alpha value is -2.99. The molecule has 0 aliphatic carbocycles. The van der Waals surface area contributed by atoms with E-state index in [4.69, 9.17) is 13.6 Å². The normalized spacial score (nSPS) is 10.9. The molecular weight excluding hydrogens is 338 g/mol. The first kappa shape index (κ1) is 15.5. The molecule has 0 unspecified atom stereocenters. The van der Waals surface area contributed by atoms with Crippen LogP contribution in [-0.4, -0.2) is 13.0 Å². The minimum absolute atomic E-state index is 0.240. The van der Waals surface area contributed by atoms with E-state index in [1.807, 2.05) is 41.8 Å². The van der Waals surface area contributed by atoms with E-state index in [1.54, 1.807) is 30.6 Å². The Labute approximate surface area is 147 Å². The molecule has 0 saturated carbocycles. The summed E-state index contributed by atoms with van der Waals surface area (Å²) in [7, 11) is 1.57. The van der Waals surface area contributed by atoms with Crippen molar-refractivity contribution in [1.29, 1.82) is 0 Å². The van der Waals surface area contributed by atoms with E-state index in [9.17, 15) is 4.79 Å². The van der Waals surface area contributed by atoms with Gasteiger partial charge >= 0.3 is 0 Å². The maximum absolute atomic E-state index is 12.3. The van der Waals surface area contributed by atoms with Crippen LogP contribution in [0.2, 0.25) is 0 Å². The van der Waals surface area contributed by atoms with E-state index >= 15 is 0 Å². The molecule has 126 valence electrons. The highest BCUT2D eigenvalue weighted by Crippen LogP contribution is 2.29. The third kappa shape index (κ3) is 3.04. The van der Waals surface area contributed by atoms with Gasteiger partial charge in [0, 0.05) is 5.39 Å². The van der Waals surface area contributed by atoms with Crippen molar-refractivity contribution in [3.8, 4) is 16.4 Å². The maximum Gasteiger partial charge on any atom is 0.287 e. The van der Waals surface area contributed by atoms with Crippen LogP contribution in [0.25, 0.3) is 21.6 Å². The summed E-state index contributed by atoms with van der Waals surface area (Å²) in [5.74, 6) is 2.03. The van der Waals surface area contributed by atoms with Gasteiger partial charge in [0.1, 0.15) is 11.5 Å². The third-order valence-corrected chi connectivity index (χ3v) is 4.68. The van der Waals surface area contributed by atoms with Gasteiger partial charge in [0.25, 0.3) is 5.91 Å². The van der Waals surface area contributed by atoms with Gasteiger partial charge in [-0.1, -0.05) is 18.2 Å². The van der Waals surface area contributed by atoms with Crippen molar-refractivity contribution in [2.75, 3.05) is 7.11 Å². The summed E-state index contributed by atoms with van der Waals surface area (Å²) in [6.45, 7) is 0.290. The largest absolute Gasteiger partial charge is 0.493 e. The number of ether oxygens (including phenoxy) is 1. The average molecular weight is 353 g/mol. The summed E-state index contributed by atoms with van der Waals surface area (Å²) < 4.78 is 16.6. The molecule has 0 radical (unpaired) electrons. The van der Waals surface area contributed by atoms with Gasteiger partial charge < -0.3 is 18.9 Å². The van der Waals surface area contributed by atoms with Crippen LogP contribution in [0.1, 0.15) is 16.3 Å². The van der Waals surface area contributed by atoms with Crippen LogP contribution < -0.4 is 10.1 Å². The number of carbonyl (C=O) groups excluding carboxylic acids is 1. The Kier molecular flexibility index (Phi) is 4.03. The van der Waals surface area contributed by atoms with Gasteiger partial charge in [0.2, 0.25) is 0 Å². The predicted octanol–water partition coefficient (Wildman–Crippen LogP) is 4.69. The lowest BCUT2D eigenvalue weighted by atomic mass is 10.2. The first-order chi connectivity index (χ1) is 12.2. The highest BCUT2D eigenvalue weighted by atomic mass is 32.1. The fourth-order valence-corrected chi connectivity index (χ4v) is 3.27. The lowest BCUT2D eigenvalue weighted by Gasteiger charge is -2.01. The van der Waals surface area contributed by atoms with Crippen LogP contribution in [0.5, 0.6) is 5.75 Å². The number of thiophene rings is 1. The highest BCUT2D eigenvalue weighted by Gasteiger charge is 2.15. The molecule has 25 heavy (non-hydrogen) atoms. The SMILES string of the molecule is COc1cccc2cc(C(=O)NCc3ccc(-c4cccs4)o3)oc12. The summed E-state index contributed by atoms with van der Waals surface area (Å²) in [5.41, 5.74) is 0.563. The number of fused-ring (bicyclic) bond motifs is 1. The first-order valence-electron chi connectivity index (χ1n) is 7.72. The molecule has 4 rings (SSSR count). The minimum atomic E-state index is -0.299. The van der Waals surface area contributed by atoms with E-state index in [-0.39, 0.29) is 11.7 Å². The van der Waals surface area contributed by atoms with Gasteiger partial charge in [0.15, 0.2) is 17.1 Å². The van der Waals surface area contributed by atoms with E-state index in [0.717, 1.165) is 16.0 Å². The molecule has 1 aromatic carbocycles. The fraction of sp³-hybridized carbons (Fsp3) is 0.105. The van der Waals surface area contributed by atoms with Crippen molar-refractivity contribution in [2.24, 2.45) is 0 Å². The average Bonchev–Trinajstić information content (AvgIpc) is 3.38. The quantitative estimate of drug-likeness (QED) is 0.565. The number of benzene rings is 1. The van der Waals surface area contributed by atoms with Crippen molar-refractivity contribution >= 4 is 28.2 Å². The standard InChI is InChI=1S/C19H15NO4S/c1-22-15-5-2-4-12-10-16(24-18(12)15)19(21)20-11-13-7-8-14(23-13)17-6-3-9-25-17/h2-10H,11H2,1H3,(H,20,21). The molecule has 3 aromatic heterocycles. The maximum atomic E-state index is 12.3. The monoisotopic (exact) mass is 353 g/mol. The number of furan rings is 2. The van der Waals surface area contributed by atoms with Crippen LogP contribution in [0.15, 0.2) is 62.7 Å². The number of hydrogen-bond acceptors (Lipinski definition) is 5. The molecule has 0 aliphatic heterocycles. The Morgan fingerprint density at radius 1 is 1.16 bits per heavy atom. The first-order valence-corrected chi connectivity index (χ1v) is 8.60. The van der Waals surface area contributed by atoms with Crippen molar-refractivity contribution in [2.45, 2.75) is 6.54 Å². The number of carbonyl (C=O) groups is 1. The second-order valence-electron chi connectivity index (χ2n) is 5.42. The molecule has 5 nitrogen and oxygen atoms in total. The van der Waals surface area contributed by atoms with Crippen LogP contribution in [-0.2, 0) is 6.54 Å². The molecule has 6 heteroatoms. The van der Waals surface area contributed by atoms with Crippen molar-refractivity contribution < 1.29 is 18.4 Å². The Morgan fingerprint density at radius 3 is 2.88 bits per heavy atom. The Morgan fingerprint density at radius 2 is 2.08 bits per heavy atom. The zero-order chi connectivity index (χ0) is 17.2. The predicted molar refractivity (Wildman–Crippen MR) is 96.0 cm³/mol. The van der Waals surface area contributed by atoms with Gasteiger partial charge in [-0.25, -0.2) is 0 Å². The highest BCUT2D eigenvalue weighted by molar-refractivity contribution is 7.13. The number of nitrogens with one attached hydrogen (secondary N) is 1. The zero-order valence-electron chi connectivity index (χ0n) is 13.4. The van der Waals surface area contributed by atoms with Crippen LogP contribution >= 0.6 is 11.3 Å². The van der Waals surface area contributed by atoms with Crippen molar-refractivity contribution in [3.05, 3.63) is 65.4 Å². The lowest BCUT2D eigenvalue weighted by molar-refractivity contribution is 0.0922. The third-order valence-electron chi connectivity index (χ3n) is 3.80. The van der Waals surface area contributed by atoms with Gasteiger partial charge in [-0.05, 0) is 35.7 Å². The summed E-state index contributed by atoms with van der Waals surface area (Å²) in [5, 5.41) is 5.63. The van der Waals surface area contributed by atoms with Crippen LogP contribution in [0.3, 0.4) is 0 Å². The van der Waals surface area contributed by atoms with Crippen LogP contribution in [0, 0.1) is 0 Å². The number of methoxy groups -OCH3 is 1. The molecule has 4 aromatic rings. The topological polar surface area (TPSA) is 64.6 Å². The smallest absolute Gasteiger partial charge is 0.287 e.